The van der Waals surface area contributed by atoms with Crippen molar-refractivity contribution in [3.63, 3.8) is 0 Å². The van der Waals surface area contributed by atoms with Gasteiger partial charge in [-0.25, -0.2) is 0 Å². The number of carboxylic acid groups (broad SMARTS) is 1. The third-order valence-electron chi connectivity index (χ3n) is 2.83. The van der Waals surface area contributed by atoms with Crippen molar-refractivity contribution in [3.8, 4) is 5.69 Å². The predicted octanol–water partition coefficient (Wildman–Crippen LogP) is 1.57. The van der Waals surface area contributed by atoms with Gasteiger partial charge in [0.1, 0.15) is 0 Å². The van der Waals surface area contributed by atoms with E-state index in [4.69, 9.17) is 10.8 Å². The molecule has 106 valence electrons. The van der Waals surface area contributed by atoms with E-state index >= 15 is 0 Å². The van der Waals surface area contributed by atoms with Gasteiger partial charge >= 0.3 is 5.97 Å². The number of nitrogens with zero attached hydrogens (tertiary/aromatic N) is 4. The Morgan fingerprint density at radius 2 is 2.19 bits per heavy atom. The maximum atomic E-state index is 10.7. The highest BCUT2D eigenvalue weighted by Gasteiger charge is 2.14. The van der Waals surface area contributed by atoms with Crippen molar-refractivity contribution < 1.29 is 9.90 Å². The smallest absolute Gasteiger partial charge is 0.313 e. The number of anilines is 1. The van der Waals surface area contributed by atoms with Crippen LogP contribution in [0.5, 0.6) is 0 Å². The van der Waals surface area contributed by atoms with E-state index in [-0.39, 0.29) is 11.7 Å². The fourth-order valence-electron chi connectivity index (χ4n) is 1.95. The van der Waals surface area contributed by atoms with Gasteiger partial charge in [0, 0.05) is 11.6 Å². The minimum Gasteiger partial charge on any atom is -0.481 e. The molecule has 0 saturated carbocycles. The van der Waals surface area contributed by atoms with E-state index < -0.39 is 5.97 Å². The lowest BCUT2D eigenvalue weighted by molar-refractivity contribution is -0.133. The number of rotatable bonds is 4. The van der Waals surface area contributed by atoms with Crippen molar-refractivity contribution in [2.45, 2.75) is 5.16 Å². The second-order valence-corrected chi connectivity index (χ2v) is 5.18. The average molecular weight is 301 g/mol. The first-order valence-electron chi connectivity index (χ1n) is 6.06. The molecule has 3 aromatic rings. The van der Waals surface area contributed by atoms with Gasteiger partial charge in [-0.3, -0.25) is 14.3 Å². The Morgan fingerprint density at radius 3 is 3.00 bits per heavy atom. The van der Waals surface area contributed by atoms with Crippen LogP contribution in [-0.4, -0.2) is 36.6 Å². The third-order valence-corrected chi connectivity index (χ3v) is 3.74. The third kappa shape index (κ3) is 2.65. The number of nitrogens with two attached hydrogens (primary N) is 1. The number of carboxylic acids is 1. The number of hydrogen-bond donors (Lipinski definition) is 2. The van der Waals surface area contributed by atoms with E-state index in [2.05, 4.69) is 15.2 Å². The maximum absolute atomic E-state index is 10.7. The molecule has 0 saturated heterocycles. The molecule has 2 heterocycles. The van der Waals surface area contributed by atoms with Gasteiger partial charge in [-0.15, -0.1) is 10.2 Å². The van der Waals surface area contributed by atoms with E-state index in [9.17, 15) is 4.79 Å². The zero-order valence-corrected chi connectivity index (χ0v) is 11.6. The summed E-state index contributed by atoms with van der Waals surface area (Å²) in [6.07, 6.45) is 1.73. The van der Waals surface area contributed by atoms with Crippen LogP contribution in [0.2, 0.25) is 0 Å². The van der Waals surface area contributed by atoms with Gasteiger partial charge in [0.2, 0.25) is 5.95 Å². The van der Waals surface area contributed by atoms with Crippen LogP contribution in [0.25, 0.3) is 16.6 Å². The van der Waals surface area contributed by atoms with Crippen molar-refractivity contribution >= 4 is 34.6 Å². The van der Waals surface area contributed by atoms with Gasteiger partial charge in [0.05, 0.1) is 17.0 Å². The summed E-state index contributed by atoms with van der Waals surface area (Å²) >= 11 is 1.07. The van der Waals surface area contributed by atoms with E-state index in [1.54, 1.807) is 10.8 Å². The van der Waals surface area contributed by atoms with Gasteiger partial charge in [0.15, 0.2) is 5.16 Å². The number of hydrogen-bond acceptors (Lipinski definition) is 6. The minimum atomic E-state index is -0.921. The predicted molar refractivity (Wildman–Crippen MR) is 79.4 cm³/mol. The largest absolute Gasteiger partial charge is 0.481 e. The zero-order valence-electron chi connectivity index (χ0n) is 10.8. The molecule has 0 unspecified atom stereocenters. The second kappa shape index (κ2) is 5.41. The summed E-state index contributed by atoms with van der Waals surface area (Å²) in [7, 11) is 0. The van der Waals surface area contributed by atoms with Crippen LogP contribution in [0.3, 0.4) is 0 Å². The Bertz CT molecular complexity index is 817. The number of thioether (sulfide) groups is 1. The van der Waals surface area contributed by atoms with Crippen LogP contribution >= 0.6 is 11.8 Å². The van der Waals surface area contributed by atoms with Crippen LogP contribution in [0, 0.1) is 0 Å². The normalized spacial score (nSPS) is 10.9. The van der Waals surface area contributed by atoms with Crippen molar-refractivity contribution in [2.75, 3.05) is 11.5 Å². The Morgan fingerprint density at radius 1 is 1.33 bits per heavy atom. The Labute approximate surface area is 123 Å². The van der Waals surface area contributed by atoms with Gasteiger partial charge in [0.25, 0.3) is 0 Å². The first kappa shape index (κ1) is 13.4. The number of carbonyl (C=O) groups is 1. The molecule has 0 bridgehead atoms. The molecule has 0 aliphatic heterocycles. The van der Waals surface area contributed by atoms with Crippen LogP contribution in [0.15, 0.2) is 41.7 Å². The Kier molecular flexibility index (Phi) is 3.44. The summed E-state index contributed by atoms with van der Waals surface area (Å²) in [6, 6.07) is 9.42. The van der Waals surface area contributed by atoms with Crippen LogP contribution in [0.4, 0.5) is 5.95 Å². The topological polar surface area (TPSA) is 107 Å². The summed E-state index contributed by atoms with van der Waals surface area (Å²) in [5.74, 6) is -0.810. The minimum absolute atomic E-state index is 0.104. The summed E-state index contributed by atoms with van der Waals surface area (Å²) < 4.78 is 1.63. The van der Waals surface area contributed by atoms with Crippen LogP contribution in [-0.2, 0) is 4.79 Å². The van der Waals surface area contributed by atoms with Crippen molar-refractivity contribution in [1.29, 1.82) is 0 Å². The molecule has 3 rings (SSSR count). The lowest BCUT2D eigenvalue weighted by atomic mass is 10.2. The average Bonchev–Trinajstić information content (AvgIpc) is 2.85. The van der Waals surface area contributed by atoms with Gasteiger partial charge in [-0.05, 0) is 24.3 Å². The number of pyridine rings is 1. The van der Waals surface area contributed by atoms with E-state index in [1.165, 1.54) is 0 Å². The molecule has 1 aromatic carbocycles. The molecule has 0 aliphatic rings. The van der Waals surface area contributed by atoms with Crippen molar-refractivity contribution in [3.05, 3.63) is 36.5 Å². The fraction of sp³-hybridized carbons (Fsp3) is 0.0769. The molecule has 8 heteroatoms. The maximum Gasteiger partial charge on any atom is 0.313 e. The zero-order chi connectivity index (χ0) is 14.8. The van der Waals surface area contributed by atoms with Crippen molar-refractivity contribution in [2.24, 2.45) is 0 Å². The molecule has 0 fully saturated rings. The quantitative estimate of drug-likeness (QED) is 0.704. The first-order valence-corrected chi connectivity index (χ1v) is 7.04. The molecule has 3 N–H and O–H groups in total. The standard InChI is InChI=1S/C13H11N5O2S/c14-12-16-17-13(21-7-11(19)20)18(12)9-3-4-10-8(6-9)2-1-5-15-10/h1-6H,7H2,(H2,14,16)(H,19,20). The number of benzene rings is 1. The monoisotopic (exact) mass is 301 g/mol. The molecular formula is C13H11N5O2S. The highest BCUT2D eigenvalue weighted by Crippen LogP contribution is 2.25. The highest BCUT2D eigenvalue weighted by molar-refractivity contribution is 7.99. The number of fused-ring (bicyclic) bond motifs is 1. The molecule has 0 atom stereocenters. The highest BCUT2D eigenvalue weighted by atomic mass is 32.2. The summed E-state index contributed by atoms with van der Waals surface area (Å²) in [5, 5.41) is 17.9. The summed E-state index contributed by atoms with van der Waals surface area (Å²) in [4.78, 5) is 14.9. The summed E-state index contributed by atoms with van der Waals surface area (Å²) in [5.41, 5.74) is 7.47. The number of nitrogen functional groups attached to an aromatic ring is 1. The van der Waals surface area contributed by atoms with E-state index in [0.29, 0.717) is 5.16 Å². The molecular weight excluding hydrogens is 290 g/mol. The van der Waals surface area contributed by atoms with Gasteiger partial charge < -0.3 is 10.8 Å². The van der Waals surface area contributed by atoms with E-state index in [1.807, 2.05) is 30.3 Å². The number of aromatic nitrogens is 4. The molecule has 2 aromatic heterocycles. The molecule has 0 radical (unpaired) electrons. The lowest BCUT2D eigenvalue weighted by Crippen LogP contribution is -2.04. The molecule has 0 aliphatic carbocycles. The fourth-order valence-corrected chi connectivity index (χ4v) is 2.63. The van der Waals surface area contributed by atoms with Crippen LogP contribution < -0.4 is 5.73 Å². The van der Waals surface area contributed by atoms with E-state index in [0.717, 1.165) is 28.4 Å². The second-order valence-electron chi connectivity index (χ2n) is 4.24. The van der Waals surface area contributed by atoms with Gasteiger partial charge in [-0.1, -0.05) is 17.8 Å². The molecule has 21 heavy (non-hydrogen) atoms. The molecule has 0 spiro atoms. The Hall–Kier alpha value is -2.61. The first-order chi connectivity index (χ1) is 10.1. The van der Waals surface area contributed by atoms with Crippen molar-refractivity contribution in [1.82, 2.24) is 19.7 Å². The molecule has 0 amide bonds. The van der Waals surface area contributed by atoms with Crippen LogP contribution in [0.1, 0.15) is 0 Å². The summed E-state index contributed by atoms with van der Waals surface area (Å²) in [6.45, 7) is 0. The lowest BCUT2D eigenvalue weighted by Gasteiger charge is -2.08. The Balaban J connectivity index is 2.05. The number of aliphatic carboxylic acids is 1. The SMILES string of the molecule is Nc1nnc(SCC(=O)O)n1-c1ccc2ncccc2c1. The van der Waals surface area contributed by atoms with Gasteiger partial charge in [-0.2, -0.15) is 0 Å². The molecule has 7 nitrogen and oxygen atoms in total.